The Labute approximate surface area is 108 Å². The number of hydrogen-bond acceptors (Lipinski definition) is 2. The van der Waals surface area contributed by atoms with Crippen molar-refractivity contribution < 1.29 is 4.79 Å². The van der Waals surface area contributed by atoms with Crippen LogP contribution in [0.3, 0.4) is 0 Å². The largest absolute Gasteiger partial charge is 0.355 e. The zero-order valence-electron chi connectivity index (χ0n) is 10.9. The van der Waals surface area contributed by atoms with Crippen LogP contribution in [-0.2, 0) is 4.79 Å². The van der Waals surface area contributed by atoms with Gasteiger partial charge in [0.05, 0.1) is 0 Å². The molecule has 96 valence electrons. The third kappa shape index (κ3) is 4.00. The molecule has 1 saturated heterocycles. The average Bonchev–Trinajstić information content (AvgIpc) is 2.56. The van der Waals surface area contributed by atoms with E-state index in [2.05, 4.69) is 35.3 Å². The molecular weight excluding hydrogens is 224 g/mol. The van der Waals surface area contributed by atoms with E-state index < -0.39 is 0 Å². The Bertz CT molecular complexity index is 425. The number of hydrogen-bond donors (Lipinski definition) is 1. The molecule has 3 nitrogen and oxygen atoms in total. The predicted molar refractivity (Wildman–Crippen MR) is 74.2 cm³/mol. The van der Waals surface area contributed by atoms with E-state index in [9.17, 15) is 4.79 Å². The number of nitrogens with one attached hydrogen (secondary N) is 1. The van der Waals surface area contributed by atoms with Crippen molar-refractivity contribution in [3.8, 4) is 0 Å². The number of carbonyl (C=O) groups is 1. The molecule has 1 aliphatic rings. The second-order valence-corrected chi connectivity index (χ2v) is 4.78. The topological polar surface area (TPSA) is 32.3 Å². The quantitative estimate of drug-likeness (QED) is 0.881. The highest BCUT2D eigenvalue weighted by molar-refractivity contribution is 5.76. The fourth-order valence-electron chi connectivity index (χ4n) is 2.20. The average molecular weight is 244 g/mol. The van der Waals surface area contributed by atoms with Crippen molar-refractivity contribution in [3.63, 3.8) is 0 Å². The van der Waals surface area contributed by atoms with Gasteiger partial charge in [0.2, 0.25) is 5.91 Å². The van der Waals surface area contributed by atoms with E-state index in [1.165, 1.54) is 11.1 Å². The molecule has 18 heavy (non-hydrogen) atoms. The zero-order chi connectivity index (χ0) is 12.8. The molecule has 1 aliphatic heterocycles. The smallest absolute Gasteiger partial charge is 0.221 e. The number of benzene rings is 1. The molecule has 0 aromatic heterocycles. The molecule has 1 N–H and O–H groups in total. The number of carbonyl (C=O) groups excluding carboxylic acids is 1. The summed E-state index contributed by atoms with van der Waals surface area (Å²) in [5.41, 5.74) is 2.56. The van der Waals surface area contributed by atoms with Gasteiger partial charge >= 0.3 is 0 Å². The minimum absolute atomic E-state index is 0.169. The van der Waals surface area contributed by atoms with Crippen molar-refractivity contribution in [1.82, 2.24) is 10.2 Å². The lowest BCUT2D eigenvalue weighted by molar-refractivity contribution is -0.120. The van der Waals surface area contributed by atoms with Crippen LogP contribution in [0, 0.1) is 0 Å². The van der Waals surface area contributed by atoms with Gasteiger partial charge in [0, 0.05) is 32.6 Å². The van der Waals surface area contributed by atoms with Gasteiger partial charge in [-0.05, 0) is 12.5 Å². The van der Waals surface area contributed by atoms with Gasteiger partial charge < -0.3 is 5.32 Å². The number of rotatable bonds is 3. The molecule has 0 unspecified atom stereocenters. The molecule has 1 heterocycles. The van der Waals surface area contributed by atoms with Crippen LogP contribution in [0.2, 0.25) is 0 Å². The normalized spacial score (nSPS) is 18.3. The second kappa shape index (κ2) is 6.36. The Kier molecular flexibility index (Phi) is 4.53. The zero-order valence-corrected chi connectivity index (χ0v) is 10.9. The van der Waals surface area contributed by atoms with Crippen molar-refractivity contribution in [2.75, 3.05) is 26.2 Å². The Morgan fingerprint density at radius 3 is 2.89 bits per heavy atom. The van der Waals surface area contributed by atoms with Crippen LogP contribution in [0.15, 0.2) is 35.9 Å². The summed E-state index contributed by atoms with van der Waals surface area (Å²) in [6.07, 6.45) is 2.82. The Morgan fingerprint density at radius 1 is 1.33 bits per heavy atom. The van der Waals surface area contributed by atoms with Crippen LogP contribution in [-0.4, -0.2) is 37.0 Å². The summed E-state index contributed by atoms with van der Waals surface area (Å²) < 4.78 is 0. The molecule has 1 amide bonds. The predicted octanol–water partition coefficient (Wildman–Crippen LogP) is 1.91. The SMILES string of the molecule is C/C(=C\c1ccccc1)CN1CCNC(=O)CC1. The minimum atomic E-state index is 0.169. The summed E-state index contributed by atoms with van der Waals surface area (Å²) in [5, 5.41) is 2.90. The molecule has 1 aromatic carbocycles. The van der Waals surface area contributed by atoms with Crippen molar-refractivity contribution in [1.29, 1.82) is 0 Å². The highest BCUT2D eigenvalue weighted by atomic mass is 16.1. The molecule has 2 rings (SSSR count). The lowest BCUT2D eigenvalue weighted by atomic mass is 10.1. The third-order valence-electron chi connectivity index (χ3n) is 3.09. The number of nitrogens with zero attached hydrogens (tertiary/aromatic N) is 1. The lowest BCUT2D eigenvalue weighted by Crippen LogP contribution is -2.29. The lowest BCUT2D eigenvalue weighted by Gasteiger charge is -2.19. The van der Waals surface area contributed by atoms with Crippen LogP contribution >= 0.6 is 0 Å². The first kappa shape index (κ1) is 12.8. The van der Waals surface area contributed by atoms with Crippen LogP contribution in [0.5, 0.6) is 0 Å². The van der Waals surface area contributed by atoms with Crippen LogP contribution in [0.1, 0.15) is 18.9 Å². The van der Waals surface area contributed by atoms with Gasteiger partial charge in [-0.1, -0.05) is 42.0 Å². The molecule has 1 fully saturated rings. The van der Waals surface area contributed by atoms with Gasteiger partial charge in [-0.15, -0.1) is 0 Å². The van der Waals surface area contributed by atoms with Gasteiger partial charge in [0.15, 0.2) is 0 Å². The summed E-state index contributed by atoms with van der Waals surface area (Å²) in [6.45, 7) is 5.63. The molecule has 3 heteroatoms. The van der Waals surface area contributed by atoms with Crippen molar-refractivity contribution >= 4 is 12.0 Å². The van der Waals surface area contributed by atoms with Crippen molar-refractivity contribution in [3.05, 3.63) is 41.5 Å². The van der Waals surface area contributed by atoms with Gasteiger partial charge in [0.1, 0.15) is 0 Å². The Hall–Kier alpha value is -1.61. The molecule has 0 spiro atoms. The second-order valence-electron chi connectivity index (χ2n) is 4.78. The van der Waals surface area contributed by atoms with Gasteiger partial charge in [-0.3, -0.25) is 9.69 Å². The van der Waals surface area contributed by atoms with Gasteiger partial charge in [-0.25, -0.2) is 0 Å². The standard InChI is InChI=1S/C15H20N2O/c1-13(11-14-5-3-2-4-6-14)12-17-9-7-15(18)16-8-10-17/h2-6,11H,7-10,12H2,1H3,(H,16,18)/b13-11+. The highest BCUT2D eigenvalue weighted by Crippen LogP contribution is 2.08. The van der Waals surface area contributed by atoms with E-state index in [1.807, 2.05) is 18.2 Å². The van der Waals surface area contributed by atoms with E-state index in [0.717, 1.165) is 26.2 Å². The third-order valence-corrected chi connectivity index (χ3v) is 3.09. The van der Waals surface area contributed by atoms with Gasteiger partial charge in [0.25, 0.3) is 0 Å². The minimum Gasteiger partial charge on any atom is -0.355 e. The first-order valence-corrected chi connectivity index (χ1v) is 6.45. The molecule has 0 radical (unpaired) electrons. The first-order chi connectivity index (χ1) is 8.74. The summed E-state index contributed by atoms with van der Waals surface area (Å²) >= 11 is 0. The first-order valence-electron chi connectivity index (χ1n) is 6.45. The van der Waals surface area contributed by atoms with Crippen LogP contribution < -0.4 is 5.32 Å². The maximum Gasteiger partial charge on any atom is 0.221 e. The summed E-state index contributed by atoms with van der Waals surface area (Å²) in [7, 11) is 0. The summed E-state index contributed by atoms with van der Waals surface area (Å²) in [6, 6.07) is 10.3. The van der Waals surface area contributed by atoms with Crippen molar-refractivity contribution in [2.24, 2.45) is 0 Å². The summed E-state index contributed by atoms with van der Waals surface area (Å²) in [4.78, 5) is 13.6. The molecule has 0 atom stereocenters. The number of amides is 1. The van der Waals surface area contributed by atoms with E-state index in [1.54, 1.807) is 0 Å². The molecule has 0 saturated carbocycles. The van der Waals surface area contributed by atoms with E-state index >= 15 is 0 Å². The fraction of sp³-hybridized carbons (Fsp3) is 0.400. The van der Waals surface area contributed by atoms with E-state index in [4.69, 9.17) is 0 Å². The Morgan fingerprint density at radius 2 is 2.11 bits per heavy atom. The Balaban J connectivity index is 1.92. The van der Waals surface area contributed by atoms with E-state index in [-0.39, 0.29) is 5.91 Å². The molecular formula is C15H20N2O. The van der Waals surface area contributed by atoms with E-state index in [0.29, 0.717) is 6.42 Å². The van der Waals surface area contributed by atoms with Crippen molar-refractivity contribution in [2.45, 2.75) is 13.3 Å². The molecule has 0 aliphatic carbocycles. The monoisotopic (exact) mass is 244 g/mol. The van der Waals surface area contributed by atoms with Crippen LogP contribution in [0.4, 0.5) is 0 Å². The molecule has 0 bridgehead atoms. The fourth-order valence-corrected chi connectivity index (χ4v) is 2.20. The maximum absolute atomic E-state index is 11.3. The van der Waals surface area contributed by atoms with Crippen LogP contribution in [0.25, 0.3) is 6.08 Å². The highest BCUT2D eigenvalue weighted by Gasteiger charge is 2.12. The summed E-state index contributed by atoms with van der Waals surface area (Å²) in [5.74, 6) is 0.169. The maximum atomic E-state index is 11.3. The van der Waals surface area contributed by atoms with Gasteiger partial charge in [-0.2, -0.15) is 0 Å². The molecule has 1 aromatic rings.